The lowest BCUT2D eigenvalue weighted by Crippen LogP contribution is -2.33. The molecule has 5 N–H and O–H groups in total. The van der Waals surface area contributed by atoms with Gasteiger partial charge in [0.2, 0.25) is 0 Å². The van der Waals surface area contributed by atoms with Crippen LogP contribution in [0.5, 0.6) is 0 Å². The number of nitrogens with two attached hydrogens (primary N) is 1. The summed E-state index contributed by atoms with van der Waals surface area (Å²) in [5, 5.41) is 29.0. The lowest BCUT2D eigenvalue weighted by molar-refractivity contribution is -0.0511. The molecule has 0 unspecified atom stereocenters. The number of aliphatic hydroxyl groups excluding tert-OH is 2. The SMILES string of the molecule is [2H][C@@]1(O)[C@H](O)[C@@H](CO)O[C@H]1n1cnc2c(N)ncnc21. The molecular weight excluding hydrogens is 254 g/mol. The number of fused-ring (bicyclic) bond motifs is 1. The molecular formula is C10H13N5O4. The topological polar surface area (TPSA) is 140 Å². The Morgan fingerprint density at radius 1 is 1.42 bits per heavy atom. The average molecular weight is 268 g/mol. The number of hydrogen-bond acceptors (Lipinski definition) is 8. The molecule has 1 fully saturated rings. The van der Waals surface area contributed by atoms with Gasteiger partial charge in [-0.05, 0) is 0 Å². The molecule has 4 atom stereocenters. The van der Waals surface area contributed by atoms with Crippen LogP contribution in [0.15, 0.2) is 12.7 Å². The number of hydrogen-bond donors (Lipinski definition) is 4. The van der Waals surface area contributed by atoms with Gasteiger partial charge in [0.15, 0.2) is 17.7 Å². The fraction of sp³-hybridized carbons (Fsp3) is 0.500. The van der Waals surface area contributed by atoms with Crippen molar-refractivity contribution in [2.45, 2.75) is 24.5 Å². The Labute approximate surface area is 108 Å². The van der Waals surface area contributed by atoms with E-state index in [1.807, 2.05) is 0 Å². The third-order valence-corrected chi connectivity index (χ3v) is 3.03. The van der Waals surface area contributed by atoms with Crippen LogP contribution < -0.4 is 5.73 Å². The lowest BCUT2D eigenvalue weighted by Gasteiger charge is -2.16. The predicted molar refractivity (Wildman–Crippen MR) is 62.7 cm³/mol. The van der Waals surface area contributed by atoms with Crippen molar-refractivity contribution < 1.29 is 21.4 Å². The first-order valence-corrected chi connectivity index (χ1v) is 5.56. The van der Waals surface area contributed by atoms with Crippen molar-refractivity contribution in [3.63, 3.8) is 0 Å². The lowest BCUT2D eigenvalue weighted by atomic mass is 10.1. The highest BCUT2D eigenvalue weighted by Gasteiger charge is 2.43. The number of ether oxygens (including phenoxy) is 1. The molecule has 9 heteroatoms. The van der Waals surface area contributed by atoms with Crippen LogP contribution in [0, 0.1) is 0 Å². The van der Waals surface area contributed by atoms with Gasteiger partial charge in [0.25, 0.3) is 0 Å². The van der Waals surface area contributed by atoms with Crippen LogP contribution in [0.25, 0.3) is 11.2 Å². The van der Waals surface area contributed by atoms with E-state index in [1.165, 1.54) is 17.2 Å². The maximum Gasteiger partial charge on any atom is 0.167 e. The van der Waals surface area contributed by atoms with Gasteiger partial charge < -0.3 is 25.8 Å². The average Bonchev–Trinajstić information content (AvgIpc) is 2.92. The fourth-order valence-corrected chi connectivity index (χ4v) is 2.04. The molecule has 0 aliphatic carbocycles. The minimum atomic E-state index is -2.35. The van der Waals surface area contributed by atoms with Crippen LogP contribution in [0.1, 0.15) is 7.60 Å². The molecule has 0 amide bonds. The van der Waals surface area contributed by atoms with Crippen molar-refractivity contribution in [2.24, 2.45) is 0 Å². The van der Waals surface area contributed by atoms with E-state index >= 15 is 0 Å². The van der Waals surface area contributed by atoms with Gasteiger partial charge in [0.05, 0.1) is 14.3 Å². The quantitative estimate of drug-likeness (QED) is 0.491. The van der Waals surface area contributed by atoms with Crippen LogP contribution in [0.3, 0.4) is 0 Å². The summed E-state index contributed by atoms with van der Waals surface area (Å²) < 4.78 is 14.4. The van der Waals surface area contributed by atoms with Crippen molar-refractivity contribution in [1.82, 2.24) is 19.5 Å². The molecule has 3 heterocycles. The van der Waals surface area contributed by atoms with Crippen LogP contribution in [-0.2, 0) is 4.74 Å². The Morgan fingerprint density at radius 2 is 2.21 bits per heavy atom. The maximum absolute atomic E-state index is 10.1. The predicted octanol–water partition coefficient (Wildman–Crippen LogP) is -1.98. The number of nitrogens with zero attached hydrogens (tertiary/aromatic N) is 4. The van der Waals surface area contributed by atoms with Crippen LogP contribution in [0.2, 0.25) is 0 Å². The summed E-state index contributed by atoms with van der Waals surface area (Å²) in [6.07, 6.45) is -3.75. The van der Waals surface area contributed by atoms with Gasteiger partial charge in [-0.2, -0.15) is 0 Å². The summed E-state index contributed by atoms with van der Waals surface area (Å²) in [6, 6.07) is 0. The molecule has 19 heavy (non-hydrogen) atoms. The molecule has 0 saturated carbocycles. The molecule has 0 radical (unpaired) electrons. The number of aromatic nitrogens is 4. The summed E-state index contributed by atoms with van der Waals surface area (Å²) in [6.45, 7) is -0.525. The number of imidazole rings is 1. The van der Waals surface area contributed by atoms with Gasteiger partial charge in [-0.15, -0.1) is 0 Å². The highest BCUT2D eigenvalue weighted by atomic mass is 16.6. The Hall–Kier alpha value is -1.81. The van der Waals surface area contributed by atoms with Gasteiger partial charge in [0.1, 0.15) is 30.1 Å². The van der Waals surface area contributed by atoms with Gasteiger partial charge >= 0.3 is 0 Å². The Balaban J connectivity index is 2.10. The summed E-state index contributed by atoms with van der Waals surface area (Å²) in [5.74, 6) is 0.152. The van der Waals surface area contributed by atoms with Crippen molar-refractivity contribution in [2.75, 3.05) is 12.3 Å². The zero-order chi connectivity index (χ0) is 14.5. The van der Waals surface area contributed by atoms with Crippen molar-refractivity contribution in [1.29, 1.82) is 0 Å². The number of rotatable bonds is 2. The summed E-state index contributed by atoms with van der Waals surface area (Å²) in [7, 11) is 0. The number of anilines is 1. The molecule has 2 aromatic heterocycles. The van der Waals surface area contributed by atoms with Gasteiger partial charge in [-0.25, -0.2) is 15.0 Å². The summed E-state index contributed by atoms with van der Waals surface area (Å²) in [5.41, 5.74) is 6.21. The standard InChI is InChI=1S/C10H13N5O4/c11-8-5-9(13-2-12-8)15(3-14-5)10-7(18)6(17)4(1-16)19-10/h2-4,6-7,10,16-18H,1H2,(H2,11,12,13)/t4-,6-,7-,10-/m1/s1/i7D. The minimum absolute atomic E-state index is 0.152. The second-order valence-corrected chi connectivity index (χ2v) is 4.16. The third-order valence-electron chi connectivity index (χ3n) is 3.03. The minimum Gasteiger partial charge on any atom is -0.394 e. The summed E-state index contributed by atoms with van der Waals surface area (Å²) in [4.78, 5) is 11.8. The first kappa shape index (κ1) is 11.1. The Kier molecular flexibility index (Phi) is 2.55. The maximum atomic E-state index is 10.1. The van der Waals surface area contributed by atoms with E-state index in [4.69, 9.17) is 16.9 Å². The smallest absolute Gasteiger partial charge is 0.167 e. The molecule has 0 aromatic carbocycles. The number of aliphatic hydroxyl groups is 3. The van der Waals surface area contributed by atoms with Crippen LogP contribution in [-0.4, -0.2) is 59.7 Å². The van der Waals surface area contributed by atoms with E-state index in [0.717, 1.165) is 0 Å². The zero-order valence-corrected chi connectivity index (χ0v) is 9.71. The highest BCUT2D eigenvalue weighted by Crippen LogP contribution is 2.31. The van der Waals surface area contributed by atoms with Gasteiger partial charge in [0, 0.05) is 0 Å². The van der Waals surface area contributed by atoms with E-state index in [-0.39, 0.29) is 11.5 Å². The molecule has 1 aliphatic heterocycles. The summed E-state index contributed by atoms with van der Waals surface area (Å²) >= 11 is 0. The molecule has 2 aromatic rings. The molecule has 0 bridgehead atoms. The first-order valence-electron chi connectivity index (χ1n) is 6.06. The van der Waals surface area contributed by atoms with Gasteiger partial charge in [-0.3, -0.25) is 4.57 Å². The Morgan fingerprint density at radius 3 is 2.89 bits per heavy atom. The normalized spacial score (nSPS) is 35.7. The number of nitrogen functional groups attached to an aromatic ring is 1. The first-order chi connectivity index (χ1) is 9.46. The third kappa shape index (κ3) is 1.75. The molecule has 1 aliphatic rings. The zero-order valence-electron chi connectivity index (χ0n) is 10.7. The van der Waals surface area contributed by atoms with E-state index in [1.54, 1.807) is 0 Å². The molecule has 9 nitrogen and oxygen atoms in total. The van der Waals surface area contributed by atoms with E-state index in [9.17, 15) is 10.2 Å². The van der Waals surface area contributed by atoms with Crippen molar-refractivity contribution >= 4 is 17.0 Å². The highest BCUT2D eigenvalue weighted by molar-refractivity contribution is 5.81. The molecule has 0 spiro atoms. The monoisotopic (exact) mass is 268 g/mol. The van der Waals surface area contributed by atoms with Gasteiger partial charge in [-0.1, -0.05) is 0 Å². The second kappa shape index (κ2) is 4.38. The van der Waals surface area contributed by atoms with Crippen LogP contribution >= 0.6 is 0 Å². The van der Waals surface area contributed by atoms with E-state index < -0.39 is 31.1 Å². The molecule has 102 valence electrons. The van der Waals surface area contributed by atoms with E-state index in [0.29, 0.717) is 5.52 Å². The largest absolute Gasteiger partial charge is 0.394 e. The van der Waals surface area contributed by atoms with E-state index in [2.05, 4.69) is 15.0 Å². The fourth-order valence-electron chi connectivity index (χ4n) is 2.04. The second-order valence-electron chi connectivity index (χ2n) is 4.16. The molecule has 3 rings (SSSR count). The van der Waals surface area contributed by atoms with Crippen LogP contribution in [0.4, 0.5) is 5.82 Å². The van der Waals surface area contributed by atoms with Crippen molar-refractivity contribution in [3.05, 3.63) is 12.7 Å². The Bertz CT molecular complexity index is 648. The molecule has 1 saturated heterocycles. The van der Waals surface area contributed by atoms with Crippen molar-refractivity contribution in [3.8, 4) is 0 Å².